The van der Waals surface area contributed by atoms with Crippen LogP contribution in [0.3, 0.4) is 0 Å². The Kier molecular flexibility index (Phi) is 3.74. The van der Waals surface area contributed by atoms with Crippen LogP contribution in [0.15, 0.2) is 36.6 Å². The Hall–Kier alpha value is -1.49. The first-order chi connectivity index (χ1) is 4.66. The van der Waals surface area contributed by atoms with Crippen molar-refractivity contribution < 1.29 is 4.74 Å². The molecule has 0 aliphatic heterocycles. The topological polar surface area (TPSA) is 33.0 Å². The maximum absolute atomic E-state index is 8.01. The molecule has 10 heavy (non-hydrogen) atoms. The molecule has 0 bridgehead atoms. The van der Waals surface area contributed by atoms with Crippen molar-refractivity contribution in [3.05, 3.63) is 36.6 Å². The summed E-state index contributed by atoms with van der Waals surface area (Å²) in [4.78, 5) is 0. The number of rotatable bonds is 3. The molecule has 0 aromatic heterocycles. The molecule has 0 atom stereocenters. The van der Waals surface area contributed by atoms with E-state index in [4.69, 9.17) is 5.26 Å². The van der Waals surface area contributed by atoms with Crippen LogP contribution in [0.4, 0.5) is 0 Å². The van der Waals surface area contributed by atoms with Gasteiger partial charge in [-0.15, -0.1) is 5.26 Å². The zero-order chi connectivity index (χ0) is 7.98. The first-order valence-corrected chi connectivity index (χ1v) is 2.75. The molecule has 52 valence electrons. The quantitative estimate of drug-likeness (QED) is 0.337. The second-order valence-electron chi connectivity index (χ2n) is 1.84. The highest BCUT2D eigenvalue weighted by atomic mass is 16.5. The Balaban J connectivity index is 3.81. The number of ether oxygens (including phenoxy) is 1. The third kappa shape index (κ3) is 4.66. The number of nitriles is 1. The fraction of sp³-hybridized carbons (Fsp3) is 0.125. The van der Waals surface area contributed by atoms with Crippen molar-refractivity contribution in [2.75, 3.05) is 0 Å². The summed E-state index contributed by atoms with van der Waals surface area (Å²) in [5, 5.41) is 8.01. The van der Waals surface area contributed by atoms with Gasteiger partial charge in [-0.25, -0.2) is 0 Å². The van der Waals surface area contributed by atoms with Crippen LogP contribution in [0.5, 0.6) is 0 Å². The van der Waals surface area contributed by atoms with Crippen LogP contribution in [-0.4, -0.2) is 0 Å². The summed E-state index contributed by atoms with van der Waals surface area (Å²) < 4.78 is 4.38. The second kappa shape index (κ2) is 4.39. The summed E-state index contributed by atoms with van der Waals surface area (Å²) in [5.74, 6) is 0.325. The van der Waals surface area contributed by atoms with E-state index in [0.29, 0.717) is 5.76 Å². The van der Waals surface area contributed by atoms with Gasteiger partial charge in [0.15, 0.2) is 0 Å². The first-order valence-electron chi connectivity index (χ1n) is 2.75. The van der Waals surface area contributed by atoms with E-state index < -0.39 is 0 Å². The van der Waals surface area contributed by atoms with Crippen molar-refractivity contribution in [2.24, 2.45) is 0 Å². The monoisotopic (exact) mass is 135 g/mol. The van der Waals surface area contributed by atoms with E-state index in [0.717, 1.165) is 5.57 Å². The Morgan fingerprint density at radius 3 is 2.50 bits per heavy atom. The van der Waals surface area contributed by atoms with Gasteiger partial charge >= 0.3 is 0 Å². The lowest BCUT2D eigenvalue weighted by Gasteiger charge is -1.90. The van der Waals surface area contributed by atoms with Crippen LogP contribution in [0, 0.1) is 11.5 Å². The van der Waals surface area contributed by atoms with Gasteiger partial charge in [0.05, 0.1) is 0 Å². The molecule has 0 fully saturated rings. The van der Waals surface area contributed by atoms with Gasteiger partial charge in [-0.05, 0) is 13.0 Å². The zero-order valence-corrected chi connectivity index (χ0v) is 5.92. The summed E-state index contributed by atoms with van der Waals surface area (Å²) in [6.45, 7) is 8.91. The van der Waals surface area contributed by atoms with Crippen LogP contribution in [-0.2, 0) is 4.74 Å². The number of hydrogen-bond donors (Lipinski definition) is 0. The Bertz CT molecular complexity index is 208. The maximum atomic E-state index is 8.01. The lowest BCUT2D eigenvalue weighted by atomic mass is 10.3. The van der Waals surface area contributed by atoms with Crippen molar-refractivity contribution in [1.82, 2.24) is 0 Å². The van der Waals surface area contributed by atoms with Crippen LogP contribution in [0.2, 0.25) is 0 Å². The molecule has 0 spiro atoms. The van der Waals surface area contributed by atoms with Crippen molar-refractivity contribution in [3.63, 3.8) is 0 Å². The molecular weight excluding hydrogens is 126 g/mol. The van der Waals surface area contributed by atoms with Gasteiger partial charge in [0, 0.05) is 0 Å². The average molecular weight is 135 g/mol. The fourth-order valence-corrected chi connectivity index (χ4v) is 0.328. The third-order valence-electron chi connectivity index (χ3n) is 0.730. The molecule has 0 aliphatic rings. The molecule has 2 heteroatoms. The molecule has 0 aromatic carbocycles. The van der Waals surface area contributed by atoms with Crippen molar-refractivity contribution in [1.29, 1.82) is 5.26 Å². The van der Waals surface area contributed by atoms with Gasteiger partial charge in [0.2, 0.25) is 0 Å². The molecule has 2 nitrogen and oxygen atoms in total. The van der Waals surface area contributed by atoms with E-state index >= 15 is 0 Å². The molecule has 0 radical (unpaired) electrons. The normalized spacial score (nSPS) is 8.80. The Morgan fingerprint density at radius 2 is 2.10 bits per heavy atom. The minimum Gasteiger partial charge on any atom is -0.389 e. The number of allylic oxidation sites excluding steroid dienone is 3. The van der Waals surface area contributed by atoms with Crippen LogP contribution in [0.1, 0.15) is 6.92 Å². The first kappa shape index (κ1) is 8.51. The van der Waals surface area contributed by atoms with Crippen molar-refractivity contribution >= 4 is 0 Å². The molecule has 0 heterocycles. The van der Waals surface area contributed by atoms with Crippen molar-refractivity contribution in [3.8, 4) is 6.26 Å². The van der Waals surface area contributed by atoms with Gasteiger partial charge in [-0.3, -0.25) is 0 Å². The molecule has 0 aliphatic carbocycles. The van der Waals surface area contributed by atoms with E-state index in [2.05, 4.69) is 17.9 Å². The van der Waals surface area contributed by atoms with Crippen LogP contribution in [0.25, 0.3) is 0 Å². The summed E-state index contributed by atoms with van der Waals surface area (Å²) in [6, 6.07) is 0. The largest absolute Gasteiger partial charge is 0.389 e. The molecule has 0 unspecified atom stereocenters. The Labute approximate surface area is 60.7 Å². The molecule has 0 aromatic rings. The summed E-state index contributed by atoms with van der Waals surface area (Å²) >= 11 is 0. The second-order valence-corrected chi connectivity index (χ2v) is 1.84. The van der Waals surface area contributed by atoms with Crippen LogP contribution >= 0.6 is 0 Å². The predicted octanol–water partition coefficient (Wildman–Crippen LogP) is 2.13. The standard InChI is InChI=1S/C8H9NO/c1-7(2)4-5-8(3)10-6-9/h4-5H,1,3H2,2H3/b5-4-. The number of hydrogen-bond acceptors (Lipinski definition) is 2. The van der Waals surface area contributed by atoms with Crippen LogP contribution < -0.4 is 0 Å². The maximum Gasteiger partial charge on any atom is 0.292 e. The van der Waals surface area contributed by atoms with E-state index in [-0.39, 0.29) is 0 Å². The lowest BCUT2D eigenvalue weighted by molar-refractivity contribution is 0.395. The van der Waals surface area contributed by atoms with Gasteiger partial charge in [-0.1, -0.05) is 24.8 Å². The number of nitrogens with zero attached hydrogens (tertiary/aromatic N) is 1. The molecule has 0 amide bonds. The van der Waals surface area contributed by atoms with Gasteiger partial charge < -0.3 is 4.74 Å². The van der Waals surface area contributed by atoms with E-state index in [1.807, 2.05) is 6.92 Å². The van der Waals surface area contributed by atoms with Gasteiger partial charge in [0.1, 0.15) is 5.76 Å². The molecule has 0 N–H and O–H groups in total. The summed E-state index contributed by atoms with van der Waals surface area (Å²) in [5.41, 5.74) is 0.891. The highest BCUT2D eigenvalue weighted by Crippen LogP contribution is 1.97. The lowest BCUT2D eigenvalue weighted by Crippen LogP contribution is -1.76. The molecule has 0 rings (SSSR count). The minimum atomic E-state index is 0.325. The summed E-state index contributed by atoms with van der Waals surface area (Å²) in [6.07, 6.45) is 4.82. The van der Waals surface area contributed by atoms with Gasteiger partial charge in [0.25, 0.3) is 6.26 Å². The van der Waals surface area contributed by atoms with Crippen molar-refractivity contribution in [2.45, 2.75) is 6.92 Å². The smallest absolute Gasteiger partial charge is 0.292 e. The van der Waals surface area contributed by atoms with Gasteiger partial charge in [-0.2, -0.15) is 0 Å². The highest BCUT2D eigenvalue weighted by Gasteiger charge is 1.83. The average Bonchev–Trinajstić information content (AvgIpc) is 1.85. The molecule has 0 saturated carbocycles. The zero-order valence-electron chi connectivity index (χ0n) is 5.92. The summed E-state index contributed by atoms with van der Waals surface area (Å²) in [7, 11) is 0. The predicted molar refractivity (Wildman–Crippen MR) is 39.8 cm³/mol. The SMILES string of the molecule is C=C(C)/C=C\C(=C)OC#N. The Morgan fingerprint density at radius 1 is 1.50 bits per heavy atom. The van der Waals surface area contributed by atoms with E-state index in [1.165, 1.54) is 6.26 Å². The molecular formula is C8H9NO. The molecule has 0 saturated heterocycles. The van der Waals surface area contributed by atoms with E-state index in [9.17, 15) is 0 Å². The minimum absolute atomic E-state index is 0.325. The highest BCUT2D eigenvalue weighted by molar-refractivity contribution is 5.19. The van der Waals surface area contributed by atoms with E-state index in [1.54, 1.807) is 12.2 Å². The third-order valence-corrected chi connectivity index (χ3v) is 0.730. The fourth-order valence-electron chi connectivity index (χ4n) is 0.328.